The third-order valence-electron chi connectivity index (χ3n) is 1.47. The van der Waals surface area contributed by atoms with Crippen LogP contribution in [-0.2, 0) is 4.74 Å². The molecule has 10 heavy (non-hydrogen) atoms. The van der Waals surface area contributed by atoms with Crippen molar-refractivity contribution in [3.05, 3.63) is 0 Å². The summed E-state index contributed by atoms with van der Waals surface area (Å²) in [6.45, 7) is 5.23. The monoisotopic (exact) mass is 140 g/mol. The Morgan fingerprint density at radius 1 is 1.50 bits per heavy atom. The van der Waals surface area contributed by atoms with Crippen LogP contribution in [0, 0.1) is 11.8 Å². The maximum absolute atomic E-state index is 9.36. The van der Waals surface area contributed by atoms with Gasteiger partial charge >= 0.3 is 0 Å². The molecule has 1 aliphatic rings. The van der Waals surface area contributed by atoms with E-state index < -0.39 is 5.60 Å². The minimum absolute atomic E-state index is 0.0370. The van der Waals surface area contributed by atoms with Gasteiger partial charge in [0, 0.05) is 0 Å². The first kappa shape index (κ1) is 7.59. The second-order valence-corrected chi connectivity index (χ2v) is 3.03. The highest BCUT2D eigenvalue weighted by Crippen LogP contribution is 2.31. The Morgan fingerprint density at radius 3 is 2.40 bits per heavy atom. The average Bonchev–Trinajstić information content (AvgIpc) is 2.44. The van der Waals surface area contributed by atoms with Gasteiger partial charge in [-0.15, -0.1) is 5.92 Å². The van der Waals surface area contributed by atoms with Gasteiger partial charge in [-0.05, 0) is 20.8 Å². The molecular formula is C8H12O2. The summed E-state index contributed by atoms with van der Waals surface area (Å²) < 4.78 is 5.10. The third kappa shape index (κ3) is 1.50. The van der Waals surface area contributed by atoms with Gasteiger partial charge in [0.25, 0.3) is 0 Å². The molecule has 0 aromatic heterocycles. The van der Waals surface area contributed by atoms with Gasteiger partial charge in [0.05, 0.1) is 5.60 Å². The van der Waals surface area contributed by atoms with E-state index in [0.29, 0.717) is 0 Å². The van der Waals surface area contributed by atoms with E-state index in [0.717, 1.165) is 0 Å². The molecule has 0 aromatic carbocycles. The zero-order valence-corrected chi connectivity index (χ0v) is 6.51. The molecule has 1 heterocycles. The molecule has 1 fully saturated rings. The van der Waals surface area contributed by atoms with Crippen LogP contribution in [0.3, 0.4) is 0 Å². The zero-order valence-electron chi connectivity index (χ0n) is 6.51. The molecule has 0 aliphatic carbocycles. The molecule has 0 radical (unpaired) electrons. The Labute approximate surface area is 61.2 Å². The van der Waals surface area contributed by atoms with Gasteiger partial charge in [0.15, 0.2) is 0 Å². The Bertz CT molecular complexity index is 180. The van der Waals surface area contributed by atoms with Gasteiger partial charge in [-0.2, -0.15) is 0 Å². The Hall–Kier alpha value is -0.520. The minimum atomic E-state index is -0.742. The van der Waals surface area contributed by atoms with Crippen molar-refractivity contribution in [3.8, 4) is 11.8 Å². The third-order valence-corrected chi connectivity index (χ3v) is 1.47. The summed E-state index contributed by atoms with van der Waals surface area (Å²) in [5, 5.41) is 9.36. The fraction of sp³-hybridized carbons (Fsp3) is 0.750. The van der Waals surface area contributed by atoms with Crippen molar-refractivity contribution >= 4 is 0 Å². The van der Waals surface area contributed by atoms with E-state index >= 15 is 0 Å². The topological polar surface area (TPSA) is 32.8 Å². The summed E-state index contributed by atoms with van der Waals surface area (Å²) in [7, 11) is 0. The quantitative estimate of drug-likeness (QED) is 0.426. The standard InChI is InChI=1S/C8H12O2/c1-4-5-6-7(10-6)8(2,3)9/h6-7,9H,1-3H3/t6-,7+/m0/s1. The maximum atomic E-state index is 9.36. The van der Waals surface area contributed by atoms with Gasteiger partial charge in [0.1, 0.15) is 12.2 Å². The molecule has 2 heteroatoms. The average molecular weight is 140 g/mol. The van der Waals surface area contributed by atoms with Crippen molar-refractivity contribution in [1.82, 2.24) is 0 Å². The number of ether oxygens (including phenoxy) is 1. The van der Waals surface area contributed by atoms with Gasteiger partial charge in [-0.3, -0.25) is 0 Å². The summed E-state index contributed by atoms with van der Waals surface area (Å²) in [4.78, 5) is 0. The zero-order chi connectivity index (χ0) is 7.78. The molecule has 1 aliphatic heterocycles. The largest absolute Gasteiger partial charge is 0.388 e. The molecule has 0 saturated carbocycles. The van der Waals surface area contributed by atoms with Gasteiger partial charge in [-0.25, -0.2) is 0 Å². The molecule has 0 aromatic rings. The predicted octanol–water partition coefficient (Wildman–Crippen LogP) is 0.548. The van der Waals surface area contributed by atoms with Crippen LogP contribution in [0.15, 0.2) is 0 Å². The molecule has 2 nitrogen and oxygen atoms in total. The molecule has 1 N–H and O–H groups in total. The SMILES string of the molecule is CC#C[C@@H]1O[C@H]1C(C)(C)O. The summed E-state index contributed by atoms with van der Waals surface area (Å²) in [5.41, 5.74) is -0.742. The highest BCUT2D eigenvalue weighted by Gasteiger charge is 2.47. The molecule has 0 spiro atoms. The molecular weight excluding hydrogens is 128 g/mol. The lowest BCUT2D eigenvalue weighted by molar-refractivity contribution is 0.0482. The van der Waals surface area contributed by atoms with Crippen LogP contribution in [0.25, 0.3) is 0 Å². The highest BCUT2D eigenvalue weighted by molar-refractivity contribution is 5.16. The van der Waals surface area contributed by atoms with Crippen LogP contribution in [-0.4, -0.2) is 22.9 Å². The summed E-state index contributed by atoms with van der Waals surface area (Å²) in [6, 6.07) is 0. The highest BCUT2D eigenvalue weighted by atomic mass is 16.6. The van der Waals surface area contributed by atoms with Crippen molar-refractivity contribution in [1.29, 1.82) is 0 Å². The van der Waals surface area contributed by atoms with E-state index in [-0.39, 0.29) is 12.2 Å². The van der Waals surface area contributed by atoms with Crippen LogP contribution in [0.5, 0.6) is 0 Å². The molecule has 56 valence electrons. The summed E-state index contributed by atoms with van der Waals surface area (Å²) >= 11 is 0. The Balaban J connectivity index is 2.44. The summed E-state index contributed by atoms with van der Waals surface area (Å²) in [5.74, 6) is 5.59. The molecule has 1 saturated heterocycles. The lowest BCUT2D eigenvalue weighted by atomic mass is 10.0. The van der Waals surface area contributed by atoms with Crippen molar-refractivity contribution in [3.63, 3.8) is 0 Å². The molecule has 1 rings (SSSR count). The fourth-order valence-corrected chi connectivity index (χ4v) is 0.902. The second kappa shape index (κ2) is 2.26. The molecule has 0 bridgehead atoms. The summed E-state index contributed by atoms with van der Waals surface area (Å²) in [6.07, 6.45) is -0.120. The first-order chi connectivity index (χ1) is 4.55. The number of rotatable bonds is 1. The van der Waals surface area contributed by atoms with Gasteiger partial charge < -0.3 is 9.84 Å². The minimum Gasteiger partial charge on any atom is -0.388 e. The van der Waals surface area contributed by atoms with E-state index in [4.69, 9.17) is 4.74 Å². The molecule has 0 unspecified atom stereocenters. The second-order valence-electron chi connectivity index (χ2n) is 3.03. The number of aliphatic hydroxyl groups is 1. The van der Waals surface area contributed by atoms with Crippen LogP contribution in [0.1, 0.15) is 20.8 Å². The van der Waals surface area contributed by atoms with E-state index in [1.807, 2.05) is 0 Å². The lowest BCUT2D eigenvalue weighted by Gasteiger charge is -2.11. The van der Waals surface area contributed by atoms with Crippen LogP contribution in [0.2, 0.25) is 0 Å². The first-order valence-corrected chi connectivity index (χ1v) is 3.36. The Morgan fingerprint density at radius 2 is 2.10 bits per heavy atom. The normalized spacial score (nSPS) is 30.8. The van der Waals surface area contributed by atoms with Crippen LogP contribution in [0.4, 0.5) is 0 Å². The van der Waals surface area contributed by atoms with Crippen molar-refractivity contribution in [2.75, 3.05) is 0 Å². The number of hydrogen-bond acceptors (Lipinski definition) is 2. The van der Waals surface area contributed by atoms with Gasteiger partial charge in [-0.1, -0.05) is 5.92 Å². The van der Waals surface area contributed by atoms with E-state index in [1.165, 1.54) is 0 Å². The number of hydrogen-bond donors (Lipinski definition) is 1. The van der Waals surface area contributed by atoms with E-state index in [2.05, 4.69) is 11.8 Å². The van der Waals surface area contributed by atoms with Crippen molar-refractivity contribution in [2.45, 2.75) is 38.6 Å². The van der Waals surface area contributed by atoms with Gasteiger partial charge in [0.2, 0.25) is 0 Å². The maximum Gasteiger partial charge on any atom is 0.147 e. The predicted molar refractivity (Wildman–Crippen MR) is 38.4 cm³/mol. The smallest absolute Gasteiger partial charge is 0.147 e. The lowest BCUT2D eigenvalue weighted by Crippen LogP contribution is -2.27. The fourth-order valence-electron chi connectivity index (χ4n) is 0.902. The van der Waals surface area contributed by atoms with Crippen LogP contribution < -0.4 is 0 Å². The van der Waals surface area contributed by atoms with Crippen molar-refractivity contribution < 1.29 is 9.84 Å². The van der Waals surface area contributed by atoms with E-state index in [9.17, 15) is 5.11 Å². The number of epoxide rings is 1. The first-order valence-electron chi connectivity index (χ1n) is 3.36. The molecule has 0 amide bonds. The molecule has 2 atom stereocenters. The Kier molecular flexibility index (Phi) is 1.72. The van der Waals surface area contributed by atoms with E-state index in [1.54, 1.807) is 20.8 Å². The van der Waals surface area contributed by atoms with Crippen molar-refractivity contribution in [2.24, 2.45) is 0 Å². The van der Waals surface area contributed by atoms with Crippen LogP contribution >= 0.6 is 0 Å².